The van der Waals surface area contributed by atoms with E-state index in [9.17, 15) is 19.2 Å². The summed E-state index contributed by atoms with van der Waals surface area (Å²) in [5.74, 6) is -1.59. The molecule has 13 heteroatoms. The van der Waals surface area contributed by atoms with E-state index in [2.05, 4.69) is 10.2 Å². The number of hydrogen-bond acceptors (Lipinski definition) is 11. The molecule has 0 fully saturated rings. The molecule has 0 N–H and O–H groups in total. The first kappa shape index (κ1) is 27.7. The fraction of sp³-hybridized carbons (Fsp3) is 0.700. The first-order valence-corrected chi connectivity index (χ1v) is 10.1. The summed E-state index contributed by atoms with van der Waals surface area (Å²) in [5.41, 5.74) is -3.16. The van der Waals surface area contributed by atoms with Crippen molar-refractivity contribution in [3.8, 4) is 0 Å². The number of ether oxygens (including phenoxy) is 4. The molecule has 186 valence electrons. The minimum Gasteiger partial charge on any atom is -0.459 e. The topological polar surface area (TPSA) is 151 Å². The number of nitrogens with zero attached hydrogens (tertiary/aromatic N) is 4. The van der Waals surface area contributed by atoms with E-state index in [1.807, 2.05) is 0 Å². The third-order valence-corrected chi connectivity index (χ3v) is 2.94. The highest BCUT2D eigenvalue weighted by atomic mass is 16.6. The van der Waals surface area contributed by atoms with Crippen molar-refractivity contribution in [1.82, 2.24) is 15.2 Å². The number of carbonyl (C=O) groups excluding carboxylic acids is 4. The molecule has 1 aromatic rings. The van der Waals surface area contributed by atoms with E-state index in [4.69, 9.17) is 23.4 Å². The minimum atomic E-state index is -1.29. The van der Waals surface area contributed by atoms with Gasteiger partial charge < -0.3 is 23.4 Å². The van der Waals surface area contributed by atoms with Crippen LogP contribution in [0.1, 0.15) is 79.9 Å². The molecule has 13 nitrogen and oxygen atoms in total. The maximum absolute atomic E-state index is 13.0. The maximum atomic E-state index is 13.0. The van der Waals surface area contributed by atoms with Crippen LogP contribution in [0.2, 0.25) is 0 Å². The van der Waals surface area contributed by atoms with Crippen molar-refractivity contribution in [3.05, 3.63) is 5.89 Å². The first-order valence-electron chi connectivity index (χ1n) is 10.1. The van der Waals surface area contributed by atoms with Gasteiger partial charge in [0.15, 0.2) is 0 Å². The van der Waals surface area contributed by atoms with Crippen LogP contribution in [0.5, 0.6) is 0 Å². The molecular weight excluding hydrogens is 440 g/mol. The Morgan fingerprint density at radius 1 is 0.758 bits per heavy atom. The number of hydrazine groups is 1. The second-order valence-electron chi connectivity index (χ2n) is 9.67. The van der Waals surface area contributed by atoms with Crippen molar-refractivity contribution < 1.29 is 42.5 Å². The van der Waals surface area contributed by atoms with E-state index in [-0.39, 0.29) is 11.6 Å². The molecule has 0 aliphatic heterocycles. The summed E-state index contributed by atoms with van der Waals surface area (Å²) in [6.07, 6.45) is -3.84. The molecule has 1 heterocycles. The molecule has 0 atom stereocenters. The molecule has 1 aromatic heterocycles. The average Bonchev–Trinajstić information content (AvgIpc) is 3.04. The Bertz CT molecular complexity index is 847. The Morgan fingerprint density at radius 2 is 1.18 bits per heavy atom. The quantitative estimate of drug-likeness (QED) is 0.355. The lowest BCUT2D eigenvalue weighted by atomic mass is 10.2. The fourth-order valence-electron chi connectivity index (χ4n) is 1.98. The number of carbonyl (C=O) groups is 4. The highest BCUT2D eigenvalue weighted by Crippen LogP contribution is 2.24. The van der Waals surface area contributed by atoms with Crippen LogP contribution in [0, 0.1) is 0 Å². The molecule has 1 rings (SSSR count). The van der Waals surface area contributed by atoms with Gasteiger partial charge in [0, 0.05) is 0 Å². The predicted molar refractivity (Wildman–Crippen MR) is 113 cm³/mol. The van der Waals surface area contributed by atoms with Gasteiger partial charge in [-0.15, -0.1) is 10.0 Å². The molecule has 0 aliphatic rings. The summed E-state index contributed by atoms with van der Waals surface area (Å²) >= 11 is 0. The van der Waals surface area contributed by atoms with Crippen molar-refractivity contribution >= 4 is 30.3 Å². The van der Waals surface area contributed by atoms with Gasteiger partial charge in [-0.2, -0.15) is 0 Å². The standard InChI is InChI=1S/C20H32N4O9/c1-11-29-13(25)12-21-22-14(30-12)23(15(26)31-18(2,3)4)24(16(27)32-19(5,6)7)17(28)33-20(8,9)10/h11H2,1-10H3. The smallest absolute Gasteiger partial charge is 0.440 e. The molecule has 0 aliphatic carbocycles. The molecule has 0 saturated carbocycles. The lowest BCUT2D eigenvalue weighted by Crippen LogP contribution is -2.56. The van der Waals surface area contributed by atoms with Gasteiger partial charge in [-0.1, -0.05) is 10.2 Å². The summed E-state index contributed by atoms with van der Waals surface area (Å²) in [4.78, 5) is 51.0. The van der Waals surface area contributed by atoms with Crippen molar-refractivity contribution in [1.29, 1.82) is 0 Å². The molecule has 3 amide bonds. The monoisotopic (exact) mass is 472 g/mol. The van der Waals surface area contributed by atoms with E-state index in [0.717, 1.165) is 0 Å². The zero-order valence-electron chi connectivity index (χ0n) is 20.7. The van der Waals surface area contributed by atoms with Gasteiger partial charge in [0.2, 0.25) is 0 Å². The summed E-state index contributed by atoms with van der Waals surface area (Å²) in [6, 6.07) is -0.732. The highest BCUT2D eigenvalue weighted by molar-refractivity contribution is 5.98. The average molecular weight is 472 g/mol. The SMILES string of the molecule is CCOC(=O)c1nnc(N(C(=O)OC(C)(C)C)N(C(=O)OC(C)(C)C)C(=O)OC(C)(C)C)o1. The molecule has 0 saturated heterocycles. The van der Waals surface area contributed by atoms with Crippen molar-refractivity contribution in [2.24, 2.45) is 0 Å². The van der Waals surface area contributed by atoms with Gasteiger partial charge >= 0.3 is 36.2 Å². The van der Waals surface area contributed by atoms with E-state index < -0.39 is 53.0 Å². The molecule has 0 radical (unpaired) electrons. The summed E-state index contributed by atoms with van der Waals surface area (Å²) in [7, 11) is 0. The Hall–Kier alpha value is -3.38. The minimum absolute atomic E-state index is 0.0221. The van der Waals surface area contributed by atoms with Gasteiger partial charge in [-0.3, -0.25) is 0 Å². The number of imide groups is 1. The van der Waals surface area contributed by atoms with Crippen molar-refractivity contribution in [2.45, 2.75) is 86.0 Å². The molecule has 33 heavy (non-hydrogen) atoms. The normalized spacial score (nSPS) is 11.9. The second-order valence-corrected chi connectivity index (χ2v) is 9.67. The Morgan fingerprint density at radius 3 is 1.58 bits per heavy atom. The van der Waals surface area contributed by atoms with Crippen LogP contribution in [0.15, 0.2) is 4.42 Å². The van der Waals surface area contributed by atoms with Crippen LogP contribution < -0.4 is 5.01 Å². The lowest BCUT2D eigenvalue weighted by Gasteiger charge is -2.33. The molecule has 0 unspecified atom stereocenters. The lowest BCUT2D eigenvalue weighted by molar-refractivity contribution is -0.00801. The van der Waals surface area contributed by atoms with Crippen molar-refractivity contribution in [2.75, 3.05) is 11.6 Å². The Balaban J connectivity index is 3.60. The molecule has 0 spiro atoms. The zero-order chi connectivity index (χ0) is 25.8. The number of rotatable bonds is 3. The van der Waals surface area contributed by atoms with Crippen molar-refractivity contribution in [3.63, 3.8) is 0 Å². The first-order chi connectivity index (χ1) is 14.8. The number of anilines is 1. The highest BCUT2D eigenvalue weighted by Gasteiger charge is 2.44. The third kappa shape index (κ3) is 8.94. The number of hydrogen-bond donors (Lipinski definition) is 0. The Kier molecular flexibility index (Phi) is 8.42. The Labute approximate surface area is 192 Å². The third-order valence-electron chi connectivity index (χ3n) is 2.94. The second kappa shape index (κ2) is 10.0. The summed E-state index contributed by atoms with van der Waals surface area (Å²) in [6.45, 7) is 15.6. The van der Waals surface area contributed by atoms with Gasteiger partial charge in [0.1, 0.15) is 16.8 Å². The van der Waals surface area contributed by atoms with Crippen LogP contribution in [0.4, 0.5) is 20.4 Å². The van der Waals surface area contributed by atoms with E-state index in [1.54, 1.807) is 69.2 Å². The number of amides is 3. The van der Waals surface area contributed by atoms with E-state index in [1.165, 1.54) is 0 Å². The molecular formula is C20H32N4O9. The van der Waals surface area contributed by atoms with Crippen LogP contribution in [0.25, 0.3) is 0 Å². The van der Waals surface area contributed by atoms with Crippen LogP contribution in [-0.4, -0.2) is 62.9 Å². The van der Waals surface area contributed by atoms with Gasteiger partial charge in [-0.25, -0.2) is 19.2 Å². The van der Waals surface area contributed by atoms with Gasteiger partial charge in [0.25, 0.3) is 0 Å². The summed E-state index contributed by atoms with van der Waals surface area (Å²) in [5, 5.41) is 7.66. The maximum Gasteiger partial charge on any atom is 0.440 e. The van der Waals surface area contributed by atoms with Crippen LogP contribution in [-0.2, 0) is 18.9 Å². The molecule has 0 aromatic carbocycles. The van der Waals surface area contributed by atoms with Gasteiger partial charge in [0.05, 0.1) is 6.61 Å². The fourth-order valence-corrected chi connectivity index (χ4v) is 1.98. The van der Waals surface area contributed by atoms with E-state index >= 15 is 0 Å². The van der Waals surface area contributed by atoms with E-state index in [0.29, 0.717) is 5.01 Å². The molecule has 0 bridgehead atoms. The van der Waals surface area contributed by atoms with Crippen LogP contribution in [0.3, 0.4) is 0 Å². The predicted octanol–water partition coefficient (Wildman–Crippen LogP) is 4.08. The van der Waals surface area contributed by atoms with Crippen LogP contribution >= 0.6 is 0 Å². The largest absolute Gasteiger partial charge is 0.459 e. The zero-order valence-corrected chi connectivity index (χ0v) is 20.7. The number of aromatic nitrogens is 2. The number of esters is 1. The summed E-state index contributed by atoms with van der Waals surface area (Å²) < 4.78 is 25.8. The van der Waals surface area contributed by atoms with Gasteiger partial charge in [-0.05, 0) is 69.2 Å².